The Morgan fingerprint density at radius 2 is 1.47 bits per heavy atom. The minimum atomic E-state index is -4.20. The first-order chi connectivity index (χ1) is 20.5. The van der Waals surface area contributed by atoms with Crippen LogP contribution in [0.3, 0.4) is 0 Å². The van der Waals surface area contributed by atoms with Crippen LogP contribution in [0.2, 0.25) is 5.02 Å². The molecule has 0 bridgehead atoms. The number of benzene rings is 4. The number of nitrogens with zero attached hydrogens (tertiary/aromatic N) is 2. The molecule has 1 N–H and O–H groups in total. The quantitative estimate of drug-likeness (QED) is 0.229. The summed E-state index contributed by atoms with van der Waals surface area (Å²) in [5.41, 5.74) is 4.40. The van der Waals surface area contributed by atoms with Crippen molar-refractivity contribution in [3.8, 4) is 0 Å². The van der Waals surface area contributed by atoms with Gasteiger partial charge < -0.3 is 10.2 Å². The minimum absolute atomic E-state index is 0.0441. The maximum atomic E-state index is 14.4. The van der Waals surface area contributed by atoms with Gasteiger partial charge in [-0.25, -0.2) is 8.42 Å². The highest BCUT2D eigenvalue weighted by Gasteiger charge is 2.35. The Balaban J connectivity index is 1.82. The van der Waals surface area contributed by atoms with E-state index in [-0.39, 0.29) is 29.5 Å². The zero-order valence-corrected chi connectivity index (χ0v) is 26.3. The Morgan fingerprint density at radius 3 is 2.12 bits per heavy atom. The van der Waals surface area contributed by atoms with Gasteiger partial charge in [-0.2, -0.15) is 0 Å². The van der Waals surface area contributed by atoms with Gasteiger partial charge in [0.1, 0.15) is 12.6 Å². The van der Waals surface area contributed by atoms with Crippen LogP contribution >= 0.6 is 11.6 Å². The van der Waals surface area contributed by atoms with Gasteiger partial charge in [0.15, 0.2) is 0 Å². The predicted molar refractivity (Wildman–Crippen MR) is 172 cm³/mol. The summed E-state index contributed by atoms with van der Waals surface area (Å²) in [6.07, 6.45) is 0.249. The van der Waals surface area contributed by atoms with E-state index in [4.69, 9.17) is 11.6 Å². The zero-order valence-electron chi connectivity index (χ0n) is 24.7. The number of halogens is 1. The number of aryl methyl sites for hydroxylation is 2. The van der Waals surface area contributed by atoms with E-state index >= 15 is 0 Å². The van der Waals surface area contributed by atoms with E-state index in [1.165, 1.54) is 24.1 Å². The summed E-state index contributed by atoms with van der Waals surface area (Å²) < 4.78 is 29.4. The largest absolute Gasteiger partial charge is 0.357 e. The molecule has 1 atom stereocenters. The van der Waals surface area contributed by atoms with Crippen molar-refractivity contribution < 1.29 is 18.0 Å². The van der Waals surface area contributed by atoms with Crippen LogP contribution in [0.5, 0.6) is 0 Å². The van der Waals surface area contributed by atoms with E-state index in [9.17, 15) is 18.0 Å². The number of sulfonamides is 1. The van der Waals surface area contributed by atoms with Crippen molar-refractivity contribution in [2.75, 3.05) is 17.9 Å². The molecule has 0 aliphatic rings. The van der Waals surface area contributed by atoms with Crippen molar-refractivity contribution in [2.45, 2.75) is 44.7 Å². The number of anilines is 1. The Kier molecular flexibility index (Phi) is 10.3. The van der Waals surface area contributed by atoms with E-state index in [1.807, 2.05) is 68.4 Å². The molecule has 0 aliphatic carbocycles. The lowest BCUT2D eigenvalue weighted by atomic mass is 10.0. The van der Waals surface area contributed by atoms with Crippen molar-refractivity contribution in [3.63, 3.8) is 0 Å². The highest BCUT2D eigenvalue weighted by atomic mass is 35.5. The number of hydrogen-bond donors (Lipinski definition) is 1. The molecule has 43 heavy (non-hydrogen) atoms. The molecular weight excluding hydrogens is 582 g/mol. The average molecular weight is 618 g/mol. The molecule has 0 fully saturated rings. The monoisotopic (exact) mass is 617 g/mol. The maximum absolute atomic E-state index is 14.4. The van der Waals surface area contributed by atoms with E-state index in [2.05, 4.69) is 5.32 Å². The van der Waals surface area contributed by atoms with Gasteiger partial charge >= 0.3 is 0 Å². The molecule has 224 valence electrons. The van der Waals surface area contributed by atoms with Gasteiger partial charge in [-0.05, 0) is 61.7 Å². The summed E-state index contributed by atoms with van der Waals surface area (Å²) in [4.78, 5) is 29.3. The Labute approximate surface area is 259 Å². The summed E-state index contributed by atoms with van der Waals surface area (Å²) >= 11 is 6.43. The van der Waals surface area contributed by atoms with Crippen molar-refractivity contribution in [2.24, 2.45) is 0 Å². The molecule has 4 aromatic carbocycles. The second-order valence-corrected chi connectivity index (χ2v) is 12.8. The first kappa shape index (κ1) is 31.8. The van der Waals surface area contributed by atoms with Crippen LogP contribution in [0.25, 0.3) is 0 Å². The minimum Gasteiger partial charge on any atom is -0.357 e. The number of rotatable bonds is 11. The zero-order chi connectivity index (χ0) is 31.1. The maximum Gasteiger partial charge on any atom is 0.264 e. The highest BCUT2D eigenvalue weighted by Crippen LogP contribution is 2.31. The molecule has 0 radical (unpaired) electrons. The number of carbonyl (C=O) groups excluding carboxylic acids is 2. The second-order valence-electron chi connectivity index (χ2n) is 10.5. The van der Waals surface area contributed by atoms with Crippen LogP contribution in [0.4, 0.5) is 5.69 Å². The molecule has 7 nitrogen and oxygen atoms in total. The fourth-order valence-electron chi connectivity index (χ4n) is 4.94. The smallest absolute Gasteiger partial charge is 0.264 e. The van der Waals surface area contributed by atoms with Gasteiger partial charge in [-0.15, -0.1) is 0 Å². The summed E-state index contributed by atoms with van der Waals surface area (Å²) in [5, 5.41) is 3.07. The second kappa shape index (κ2) is 13.9. The summed E-state index contributed by atoms with van der Waals surface area (Å²) in [6, 6.07) is 27.6. The van der Waals surface area contributed by atoms with E-state index < -0.39 is 28.5 Å². The highest BCUT2D eigenvalue weighted by molar-refractivity contribution is 7.92. The van der Waals surface area contributed by atoms with E-state index in [1.54, 1.807) is 37.3 Å². The van der Waals surface area contributed by atoms with Crippen LogP contribution < -0.4 is 9.62 Å². The Bertz CT molecular complexity index is 1690. The third-order valence-corrected chi connectivity index (χ3v) is 9.53. The number of carbonyl (C=O) groups is 2. The molecule has 2 amide bonds. The summed E-state index contributed by atoms with van der Waals surface area (Å²) in [5.74, 6) is -0.877. The Hall–Kier alpha value is -4.14. The number of nitrogens with one attached hydrogen (secondary N) is 1. The third kappa shape index (κ3) is 7.63. The lowest BCUT2D eigenvalue weighted by Crippen LogP contribution is -2.53. The standard InChI is InChI=1S/C34H36ClN3O4S/c1-24-16-18-29(19-17-24)43(41,42)38(31-15-9-14-30(35)26(31)3)23-33(39)37(22-28-13-8-10-25(2)20-28)32(34(40)36-4)21-27-11-6-5-7-12-27/h5-20,32H,21-23H2,1-4H3,(H,36,40). The van der Waals surface area contributed by atoms with Crippen LogP contribution in [0.1, 0.15) is 27.8 Å². The van der Waals surface area contributed by atoms with Crippen LogP contribution in [-0.2, 0) is 32.6 Å². The molecule has 0 heterocycles. The van der Waals surface area contributed by atoms with Crippen molar-refractivity contribution in [3.05, 3.63) is 130 Å². The van der Waals surface area contributed by atoms with Gasteiger partial charge in [-0.1, -0.05) is 95.5 Å². The first-order valence-electron chi connectivity index (χ1n) is 14.0. The number of likely N-dealkylation sites (N-methyl/N-ethyl adjacent to an activating group) is 1. The van der Waals surface area contributed by atoms with Gasteiger partial charge in [-0.3, -0.25) is 13.9 Å². The molecule has 0 spiro atoms. The SMILES string of the molecule is CNC(=O)C(Cc1ccccc1)N(Cc1cccc(C)c1)C(=O)CN(c1cccc(Cl)c1C)S(=O)(=O)c1ccc(C)cc1. The van der Waals surface area contributed by atoms with Gasteiger partial charge in [0.2, 0.25) is 11.8 Å². The summed E-state index contributed by atoms with van der Waals surface area (Å²) in [6.45, 7) is 5.11. The van der Waals surface area contributed by atoms with Crippen LogP contribution in [0.15, 0.2) is 102 Å². The first-order valence-corrected chi connectivity index (χ1v) is 15.8. The van der Waals surface area contributed by atoms with E-state index in [0.717, 1.165) is 26.6 Å². The number of amides is 2. The normalized spacial score (nSPS) is 11.9. The molecule has 0 saturated heterocycles. The average Bonchev–Trinajstić information content (AvgIpc) is 2.99. The fraction of sp³-hybridized carbons (Fsp3) is 0.235. The molecule has 9 heteroatoms. The van der Waals surface area contributed by atoms with Gasteiger partial charge in [0, 0.05) is 25.0 Å². The lowest BCUT2D eigenvalue weighted by molar-refractivity contribution is -0.139. The Morgan fingerprint density at radius 1 is 0.814 bits per heavy atom. The van der Waals surface area contributed by atoms with Gasteiger partial charge in [0.05, 0.1) is 10.6 Å². The molecule has 0 aliphatic heterocycles. The topological polar surface area (TPSA) is 86.8 Å². The van der Waals surface area contributed by atoms with Crippen molar-refractivity contribution in [1.29, 1.82) is 0 Å². The van der Waals surface area contributed by atoms with E-state index in [0.29, 0.717) is 10.6 Å². The molecule has 0 saturated carbocycles. The molecular formula is C34H36ClN3O4S. The molecule has 0 aromatic heterocycles. The van der Waals surface area contributed by atoms with Crippen molar-refractivity contribution >= 4 is 39.1 Å². The molecule has 1 unspecified atom stereocenters. The lowest BCUT2D eigenvalue weighted by Gasteiger charge is -2.34. The predicted octanol–water partition coefficient (Wildman–Crippen LogP) is 5.85. The van der Waals surface area contributed by atoms with Crippen LogP contribution in [0, 0.1) is 20.8 Å². The molecule has 4 aromatic rings. The number of hydrogen-bond acceptors (Lipinski definition) is 4. The fourth-order valence-corrected chi connectivity index (χ4v) is 6.59. The van der Waals surface area contributed by atoms with Gasteiger partial charge in [0.25, 0.3) is 10.0 Å². The van der Waals surface area contributed by atoms with Crippen molar-refractivity contribution in [1.82, 2.24) is 10.2 Å². The van der Waals surface area contributed by atoms with Crippen LogP contribution in [-0.4, -0.2) is 44.8 Å². The molecule has 4 rings (SSSR count). The third-order valence-electron chi connectivity index (χ3n) is 7.35. The summed E-state index contributed by atoms with van der Waals surface area (Å²) in [7, 11) is -2.68.